The first-order valence-corrected chi connectivity index (χ1v) is 12.8. The normalized spacial score (nSPS) is 19.3. The summed E-state index contributed by atoms with van der Waals surface area (Å²) < 4.78 is 2.05. The molecule has 30 heavy (non-hydrogen) atoms. The van der Waals surface area contributed by atoms with E-state index in [9.17, 15) is 10.1 Å². The molecule has 8 heteroatoms. The van der Waals surface area contributed by atoms with Gasteiger partial charge in [0.05, 0.1) is 11.3 Å². The van der Waals surface area contributed by atoms with Gasteiger partial charge in [-0.15, -0.1) is 21.5 Å². The van der Waals surface area contributed by atoms with Gasteiger partial charge in [0, 0.05) is 17.8 Å². The SMILES string of the molecule is CCC1CCc2c(sc(NC(=O)CSc3nnc(C4CCCCC4)n3C)c2C#N)C1. The van der Waals surface area contributed by atoms with Crippen molar-refractivity contribution in [2.75, 3.05) is 11.1 Å². The molecule has 1 unspecified atom stereocenters. The van der Waals surface area contributed by atoms with Crippen LogP contribution in [0.25, 0.3) is 0 Å². The van der Waals surface area contributed by atoms with E-state index in [4.69, 9.17) is 0 Å². The summed E-state index contributed by atoms with van der Waals surface area (Å²) in [5.41, 5.74) is 1.82. The fourth-order valence-corrected chi connectivity index (χ4v) is 6.72. The van der Waals surface area contributed by atoms with Crippen molar-refractivity contribution in [1.82, 2.24) is 14.8 Å². The van der Waals surface area contributed by atoms with Gasteiger partial charge in [-0.05, 0) is 43.6 Å². The molecule has 0 radical (unpaired) electrons. The second-order valence-corrected chi connectivity index (χ2v) is 10.5. The van der Waals surface area contributed by atoms with Crippen molar-refractivity contribution >= 4 is 34.0 Å². The van der Waals surface area contributed by atoms with Crippen LogP contribution in [-0.4, -0.2) is 26.4 Å². The van der Waals surface area contributed by atoms with Crippen molar-refractivity contribution in [1.29, 1.82) is 5.26 Å². The molecule has 2 heterocycles. The van der Waals surface area contributed by atoms with E-state index >= 15 is 0 Å². The number of aromatic nitrogens is 3. The number of anilines is 1. The van der Waals surface area contributed by atoms with Gasteiger partial charge in [-0.25, -0.2) is 0 Å². The van der Waals surface area contributed by atoms with Crippen LogP contribution in [0.5, 0.6) is 0 Å². The van der Waals surface area contributed by atoms with Gasteiger partial charge in [-0.2, -0.15) is 5.26 Å². The number of nitriles is 1. The zero-order chi connectivity index (χ0) is 21.1. The highest BCUT2D eigenvalue weighted by molar-refractivity contribution is 7.99. The number of carbonyl (C=O) groups is 1. The summed E-state index contributed by atoms with van der Waals surface area (Å²) in [5, 5.41) is 22.9. The molecule has 0 saturated heterocycles. The standard InChI is InChI=1S/C22H29N5OS2/c1-3-14-9-10-16-17(12-23)21(30-18(16)11-14)24-19(28)13-29-22-26-25-20(27(22)2)15-7-5-4-6-8-15/h14-15H,3-11,13H2,1-2H3,(H,24,28). The minimum atomic E-state index is -0.0932. The fourth-order valence-electron chi connectivity index (χ4n) is 4.67. The Labute approximate surface area is 186 Å². The van der Waals surface area contributed by atoms with E-state index in [1.807, 2.05) is 11.6 Å². The monoisotopic (exact) mass is 443 g/mol. The first-order valence-electron chi connectivity index (χ1n) is 11.0. The van der Waals surface area contributed by atoms with E-state index in [-0.39, 0.29) is 11.7 Å². The molecule has 1 fully saturated rings. The van der Waals surface area contributed by atoms with Crippen molar-refractivity contribution in [3.63, 3.8) is 0 Å². The van der Waals surface area contributed by atoms with E-state index in [0.717, 1.165) is 42.2 Å². The molecule has 1 amide bonds. The van der Waals surface area contributed by atoms with Gasteiger partial charge in [0.1, 0.15) is 16.9 Å². The second kappa shape index (κ2) is 9.52. The van der Waals surface area contributed by atoms with Gasteiger partial charge in [-0.3, -0.25) is 4.79 Å². The molecule has 1 N–H and O–H groups in total. The Morgan fingerprint density at radius 3 is 2.83 bits per heavy atom. The second-order valence-electron chi connectivity index (χ2n) is 8.41. The third kappa shape index (κ3) is 4.42. The molecule has 6 nitrogen and oxygen atoms in total. The molecule has 4 rings (SSSR count). The number of thioether (sulfide) groups is 1. The lowest BCUT2D eigenvalue weighted by molar-refractivity contribution is -0.113. The Kier molecular flexibility index (Phi) is 6.79. The van der Waals surface area contributed by atoms with E-state index < -0.39 is 0 Å². The number of nitrogens with zero attached hydrogens (tertiary/aromatic N) is 4. The van der Waals surface area contributed by atoms with Gasteiger partial charge in [0.25, 0.3) is 0 Å². The third-order valence-electron chi connectivity index (χ3n) is 6.48. The van der Waals surface area contributed by atoms with E-state index in [1.54, 1.807) is 11.3 Å². The highest BCUT2D eigenvalue weighted by atomic mass is 32.2. The minimum absolute atomic E-state index is 0.0932. The molecule has 1 atom stereocenters. The van der Waals surface area contributed by atoms with Gasteiger partial charge < -0.3 is 9.88 Å². The molecule has 2 aromatic heterocycles. The number of carbonyl (C=O) groups excluding carboxylic acids is 1. The summed E-state index contributed by atoms with van der Waals surface area (Å²) in [7, 11) is 2.00. The van der Waals surface area contributed by atoms with Crippen molar-refractivity contribution < 1.29 is 4.79 Å². The van der Waals surface area contributed by atoms with Crippen LogP contribution in [0, 0.1) is 17.2 Å². The number of amides is 1. The molecular formula is C22H29N5OS2. The van der Waals surface area contributed by atoms with E-state index in [0.29, 0.717) is 22.4 Å². The number of rotatable bonds is 6. The molecule has 0 bridgehead atoms. The molecule has 160 valence electrons. The van der Waals surface area contributed by atoms with Crippen molar-refractivity contribution in [2.45, 2.75) is 75.8 Å². The lowest BCUT2D eigenvalue weighted by Gasteiger charge is -2.20. The smallest absolute Gasteiger partial charge is 0.235 e. The average molecular weight is 444 g/mol. The highest BCUT2D eigenvalue weighted by Crippen LogP contribution is 2.40. The maximum Gasteiger partial charge on any atom is 0.235 e. The molecule has 2 aliphatic carbocycles. The zero-order valence-corrected chi connectivity index (χ0v) is 19.4. The molecule has 1 saturated carbocycles. The van der Waals surface area contributed by atoms with Crippen molar-refractivity contribution in [3.05, 3.63) is 21.8 Å². The molecule has 2 aromatic rings. The molecule has 2 aliphatic rings. The highest BCUT2D eigenvalue weighted by Gasteiger charge is 2.26. The maximum atomic E-state index is 12.6. The molecular weight excluding hydrogens is 414 g/mol. The van der Waals surface area contributed by atoms with Gasteiger partial charge in [0.2, 0.25) is 5.91 Å². The zero-order valence-electron chi connectivity index (χ0n) is 17.7. The quantitative estimate of drug-likeness (QED) is 0.632. The first-order chi connectivity index (χ1) is 14.6. The van der Waals surface area contributed by atoms with Gasteiger partial charge in [0.15, 0.2) is 5.16 Å². The van der Waals surface area contributed by atoms with Gasteiger partial charge in [-0.1, -0.05) is 44.4 Å². The Morgan fingerprint density at radius 1 is 1.30 bits per heavy atom. The minimum Gasteiger partial charge on any atom is -0.316 e. The average Bonchev–Trinajstić information content (AvgIpc) is 3.31. The van der Waals surface area contributed by atoms with Crippen LogP contribution in [0.1, 0.15) is 79.6 Å². The van der Waals surface area contributed by atoms with Crippen molar-refractivity contribution in [2.24, 2.45) is 13.0 Å². The summed E-state index contributed by atoms with van der Waals surface area (Å²) >= 11 is 3.00. The Balaban J connectivity index is 1.39. The van der Waals surface area contributed by atoms with Crippen LogP contribution in [0.15, 0.2) is 5.16 Å². The lowest BCUT2D eigenvalue weighted by atomic mass is 9.86. The molecule has 0 aliphatic heterocycles. The topological polar surface area (TPSA) is 83.6 Å². The third-order valence-corrected chi connectivity index (χ3v) is 8.67. The molecule has 0 spiro atoms. The van der Waals surface area contributed by atoms with Crippen molar-refractivity contribution in [3.8, 4) is 6.07 Å². The van der Waals surface area contributed by atoms with Crippen LogP contribution in [0.3, 0.4) is 0 Å². The summed E-state index contributed by atoms with van der Waals surface area (Å²) in [6.45, 7) is 2.22. The number of fused-ring (bicyclic) bond motifs is 1. The first kappa shape index (κ1) is 21.4. The predicted octanol–water partition coefficient (Wildman–Crippen LogP) is 5.04. The van der Waals surface area contributed by atoms with E-state index in [2.05, 4.69) is 28.5 Å². The predicted molar refractivity (Wildman–Crippen MR) is 121 cm³/mol. The van der Waals surface area contributed by atoms with E-state index in [1.165, 1.54) is 48.7 Å². The Morgan fingerprint density at radius 2 is 2.10 bits per heavy atom. The van der Waals surface area contributed by atoms with Crippen LogP contribution in [0.4, 0.5) is 5.00 Å². The number of hydrogen-bond donors (Lipinski definition) is 1. The summed E-state index contributed by atoms with van der Waals surface area (Å²) in [6, 6.07) is 2.33. The Bertz CT molecular complexity index is 952. The largest absolute Gasteiger partial charge is 0.316 e. The maximum absolute atomic E-state index is 12.6. The van der Waals surface area contributed by atoms with Crippen LogP contribution < -0.4 is 5.32 Å². The number of thiophene rings is 1. The number of hydrogen-bond acceptors (Lipinski definition) is 6. The Hall–Kier alpha value is -1.85. The number of nitrogens with one attached hydrogen (secondary N) is 1. The summed E-state index contributed by atoms with van der Waals surface area (Å²) in [4.78, 5) is 13.9. The summed E-state index contributed by atoms with van der Waals surface area (Å²) in [5.74, 6) is 2.39. The lowest BCUT2D eigenvalue weighted by Crippen LogP contribution is -2.15. The van der Waals surface area contributed by atoms with Gasteiger partial charge >= 0.3 is 0 Å². The van der Waals surface area contributed by atoms with Crippen LogP contribution in [-0.2, 0) is 24.7 Å². The fraction of sp³-hybridized carbons (Fsp3) is 0.636. The molecule has 0 aromatic carbocycles. The van der Waals surface area contributed by atoms with Crippen LogP contribution >= 0.6 is 23.1 Å². The summed E-state index contributed by atoms with van der Waals surface area (Å²) in [6.07, 6.45) is 10.4. The van der Waals surface area contributed by atoms with Crippen LogP contribution in [0.2, 0.25) is 0 Å².